The largest absolute Gasteiger partial charge is 0.381 e. The summed E-state index contributed by atoms with van der Waals surface area (Å²) >= 11 is 0. The van der Waals surface area contributed by atoms with Gasteiger partial charge in [-0.1, -0.05) is 6.92 Å². The van der Waals surface area contributed by atoms with Crippen LogP contribution in [-0.2, 0) is 4.74 Å². The maximum Gasteiger partial charge on any atom is 0.0507 e. The van der Waals surface area contributed by atoms with Crippen molar-refractivity contribution in [2.24, 2.45) is 17.6 Å². The van der Waals surface area contributed by atoms with Crippen molar-refractivity contribution in [3.8, 4) is 0 Å². The molecule has 0 spiro atoms. The van der Waals surface area contributed by atoms with Crippen molar-refractivity contribution >= 4 is 0 Å². The van der Waals surface area contributed by atoms with Crippen molar-refractivity contribution in [2.45, 2.75) is 38.8 Å². The Hall–Kier alpha value is -0.120. The first-order valence-corrected chi connectivity index (χ1v) is 6.26. The fourth-order valence-corrected chi connectivity index (χ4v) is 2.79. The average molecular weight is 212 g/mol. The summed E-state index contributed by atoms with van der Waals surface area (Å²) in [6.45, 7) is 8.90. The maximum atomic E-state index is 6.09. The SMILES string of the molecule is CC1C(N)CCN(CC2CCOC2)C1C. The van der Waals surface area contributed by atoms with Crippen LogP contribution in [0.4, 0.5) is 0 Å². The molecule has 0 aromatic rings. The lowest BCUT2D eigenvalue weighted by atomic mass is 9.87. The van der Waals surface area contributed by atoms with Crippen LogP contribution in [0.3, 0.4) is 0 Å². The van der Waals surface area contributed by atoms with Gasteiger partial charge in [0.1, 0.15) is 0 Å². The number of nitrogens with zero attached hydrogens (tertiary/aromatic N) is 1. The van der Waals surface area contributed by atoms with Crippen LogP contribution < -0.4 is 5.73 Å². The third-order valence-corrected chi connectivity index (χ3v) is 4.28. The molecular formula is C12H24N2O. The van der Waals surface area contributed by atoms with Gasteiger partial charge in [-0.3, -0.25) is 4.90 Å². The molecule has 4 atom stereocenters. The minimum absolute atomic E-state index is 0.399. The van der Waals surface area contributed by atoms with Crippen LogP contribution in [0.1, 0.15) is 26.7 Å². The van der Waals surface area contributed by atoms with Crippen molar-refractivity contribution in [1.29, 1.82) is 0 Å². The van der Waals surface area contributed by atoms with E-state index >= 15 is 0 Å². The molecule has 0 bridgehead atoms. The van der Waals surface area contributed by atoms with Gasteiger partial charge in [-0.25, -0.2) is 0 Å². The lowest BCUT2D eigenvalue weighted by molar-refractivity contribution is 0.0772. The molecule has 0 aromatic carbocycles. The van der Waals surface area contributed by atoms with E-state index in [2.05, 4.69) is 18.7 Å². The first kappa shape index (κ1) is 11.4. The molecule has 88 valence electrons. The van der Waals surface area contributed by atoms with Gasteiger partial charge in [0, 0.05) is 25.2 Å². The second kappa shape index (κ2) is 4.81. The summed E-state index contributed by atoms with van der Waals surface area (Å²) in [5, 5.41) is 0. The summed E-state index contributed by atoms with van der Waals surface area (Å²) in [5.41, 5.74) is 6.09. The Morgan fingerprint density at radius 3 is 2.80 bits per heavy atom. The summed E-state index contributed by atoms with van der Waals surface area (Å²) in [6, 6.07) is 1.03. The number of ether oxygens (including phenoxy) is 1. The molecular weight excluding hydrogens is 188 g/mol. The van der Waals surface area contributed by atoms with E-state index in [4.69, 9.17) is 10.5 Å². The van der Waals surface area contributed by atoms with Gasteiger partial charge >= 0.3 is 0 Å². The third-order valence-electron chi connectivity index (χ3n) is 4.28. The molecule has 2 aliphatic heterocycles. The molecule has 2 saturated heterocycles. The molecule has 3 heteroatoms. The van der Waals surface area contributed by atoms with Crippen LogP contribution in [0.2, 0.25) is 0 Å². The van der Waals surface area contributed by atoms with Crippen LogP contribution >= 0.6 is 0 Å². The van der Waals surface area contributed by atoms with Gasteiger partial charge in [0.05, 0.1) is 6.61 Å². The molecule has 2 fully saturated rings. The predicted molar refractivity (Wildman–Crippen MR) is 61.7 cm³/mol. The Balaban J connectivity index is 1.86. The highest BCUT2D eigenvalue weighted by atomic mass is 16.5. The number of piperidine rings is 1. The van der Waals surface area contributed by atoms with Crippen LogP contribution in [0.25, 0.3) is 0 Å². The van der Waals surface area contributed by atoms with Crippen molar-refractivity contribution in [3.63, 3.8) is 0 Å². The Morgan fingerprint density at radius 1 is 1.33 bits per heavy atom. The van der Waals surface area contributed by atoms with E-state index in [1.807, 2.05) is 0 Å². The predicted octanol–water partition coefficient (Wildman–Crippen LogP) is 1.08. The standard InChI is InChI=1S/C12H24N2O/c1-9-10(2)14(5-3-12(9)13)7-11-4-6-15-8-11/h9-12H,3-8,13H2,1-2H3. The van der Waals surface area contributed by atoms with Gasteiger partial charge < -0.3 is 10.5 Å². The normalized spacial score (nSPS) is 43.4. The molecule has 0 saturated carbocycles. The molecule has 2 heterocycles. The van der Waals surface area contributed by atoms with E-state index in [0.717, 1.165) is 25.6 Å². The number of hydrogen-bond acceptors (Lipinski definition) is 3. The molecule has 0 aromatic heterocycles. The van der Waals surface area contributed by atoms with Crippen molar-refractivity contribution in [3.05, 3.63) is 0 Å². The molecule has 2 rings (SSSR count). The molecule has 0 aliphatic carbocycles. The highest BCUT2D eigenvalue weighted by molar-refractivity contribution is 4.87. The maximum absolute atomic E-state index is 6.09. The Labute approximate surface area is 93.0 Å². The minimum atomic E-state index is 0.399. The summed E-state index contributed by atoms with van der Waals surface area (Å²) in [4.78, 5) is 2.60. The zero-order chi connectivity index (χ0) is 10.8. The van der Waals surface area contributed by atoms with Gasteiger partial charge in [0.25, 0.3) is 0 Å². The van der Waals surface area contributed by atoms with Gasteiger partial charge in [-0.2, -0.15) is 0 Å². The quantitative estimate of drug-likeness (QED) is 0.744. The number of likely N-dealkylation sites (tertiary alicyclic amines) is 1. The van der Waals surface area contributed by atoms with Crippen LogP contribution in [0, 0.1) is 11.8 Å². The smallest absolute Gasteiger partial charge is 0.0507 e. The number of rotatable bonds is 2. The molecule has 0 radical (unpaired) electrons. The van der Waals surface area contributed by atoms with E-state index < -0.39 is 0 Å². The van der Waals surface area contributed by atoms with E-state index in [-0.39, 0.29) is 0 Å². The molecule has 15 heavy (non-hydrogen) atoms. The fourth-order valence-electron chi connectivity index (χ4n) is 2.79. The monoisotopic (exact) mass is 212 g/mol. The molecule has 4 unspecified atom stereocenters. The Bertz CT molecular complexity index is 204. The molecule has 3 nitrogen and oxygen atoms in total. The van der Waals surface area contributed by atoms with Gasteiger partial charge in [0.15, 0.2) is 0 Å². The zero-order valence-corrected chi connectivity index (χ0v) is 9.98. The summed E-state index contributed by atoms with van der Waals surface area (Å²) < 4.78 is 5.43. The van der Waals surface area contributed by atoms with Crippen molar-refractivity contribution in [2.75, 3.05) is 26.3 Å². The van der Waals surface area contributed by atoms with Gasteiger partial charge in [0.2, 0.25) is 0 Å². The highest BCUT2D eigenvalue weighted by Crippen LogP contribution is 2.24. The molecule has 0 amide bonds. The summed E-state index contributed by atoms with van der Waals surface area (Å²) in [5.74, 6) is 1.38. The zero-order valence-electron chi connectivity index (χ0n) is 9.98. The van der Waals surface area contributed by atoms with Crippen LogP contribution in [0.5, 0.6) is 0 Å². The first-order chi connectivity index (χ1) is 7.18. The number of nitrogens with two attached hydrogens (primary N) is 1. The molecule has 2 aliphatic rings. The highest BCUT2D eigenvalue weighted by Gasteiger charge is 2.31. The van der Waals surface area contributed by atoms with E-state index in [1.54, 1.807) is 0 Å². The fraction of sp³-hybridized carbons (Fsp3) is 1.00. The third kappa shape index (κ3) is 2.52. The first-order valence-electron chi connectivity index (χ1n) is 6.26. The average Bonchev–Trinajstić information content (AvgIpc) is 2.72. The summed E-state index contributed by atoms with van der Waals surface area (Å²) in [7, 11) is 0. The van der Waals surface area contributed by atoms with Crippen LogP contribution in [0.15, 0.2) is 0 Å². The second-order valence-electron chi connectivity index (χ2n) is 5.28. The lowest BCUT2D eigenvalue weighted by Gasteiger charge is -2.42. The minimum Gasteiger partial charge on any atom is -0.381 e. The lowest BCUT2D eigenvalue weighted by Crippen LogP contribution is -2.52. The number of hydrogen-bond donors (Lipinski definition) is 1. The Morgan fingerprint density at radius 2 is 2.13 bits per heavy atom. The van der Waals surface area contributed by atoms with E-state index in [0.29, 0.717) is 18.0 Å². The van der Waals surface area contributed by atoms with Crippen LogP contribution in [-0.4, -0.2) is 43.3 Å². The van der Waals surface area contributed by atoms with E-state index in [9.17, 15) is 0 Å². The topological polar surface area (TPSA) is 38.5 Å². The summed E-state index contributed by atoms with van der Waals surface area (Å²) in [6.07, 6.45) is 2.39. The molecule has 2 N–H and O–H groups in total. The second-order valence-corrected chi connectivity index (χ2v) is 5.28. The van der Waals surface area contributed by atoms with Crippen molar-refractivity contribution in [1.82, 2.24) is 4.90 Å². The van der Waals surface area contributed by atoms with E-state index in [1.165, 1.54) is 19.5 Å². The van der Waals surface area contributed by atoms with Gasteiger partial charge in [-0.05, 0) is 38.1 Å². The van der Waals surface area contributed by atoms with Gasteiger partial charge in [-0.15, -0.1) is 0 Å². The Kier molecular flexibility index (Phi) is 3.65. The van der Waals surface area contributed by atoms with Crippen molar-refractivity contribution < 1.29 is 4.74 Å².